The Hall–Kier alpha value is -1.69. The molecular formula is C11H15N3O3. The summed E-state index contributed by atoms with van der Waals surface area (Å²) in [6, 6.07) is 3.04. The molecule has 0 aliphatic heterocycles. The number of nitro groups is 1. The quantitative estimate of drug-likeness (QED) is 0.579. The maximum atomic E-state index is 10.4. The fourth-order valence-electron chi connectivity index (χ4n) is 1.82. The number of aromatic nitrogens is 1. The summed E-state index contributed by atoms with van der Waals surface area (Å²) in [4.78, 5) is 13.6. The van der Waals surface area contributed by atoms with Gasteiger partial charge in [0.05, 0.1) is 5.69 Å². The second-order valence-corrected chi connectivity index (χ2v) is 4.49. The molecule has 0 aromatic carbocycles. The number of nitrogens with zero attached hydrogens (tertiary/aromatic N) is 2. The number of hydrogen-bond acceptors (Lipinski definition) is 5. The predicted octanol–water partition coefficient (Wildman–Crippen LogP) is 1.56. The number of hydrogen-bond donors (Lipinski definition) is 2. The number of pyridine rings is 1. The normalized spacial score (nSPS) is 16.5. The molecule has 6 nitrogen and oxygen atoms in total. The van der Waals surface area contributed by atoms with Crippen LogP contribution in [0.2, 0.25) is 0 Å². The smallest absolute Gasteiger partial charge is 0.363 e. The number of rotatable bonds is 6. The topological polar surface area (TPSA) is 88.3 Å². The molecule has 1 aromatic rings. The lowest BCUT2D eigenvalue weighted by Crippen LogP contribution is -2.16. The molecule has 1 aromatic heterocycles. The van der Waals surface area contributed by atoms with Crippen LogP contribution in [0.4, 0.5) is 11.5 Å². The second kappa shape index (κ2) is 4.67. The molecule has 17 heavy (non-hydrogen) atoms. The lowest BCUT2D eigenvalue weighted by atomic mass is 10.0. The van der Waals surface area contributed by atoms with Crippen molar-refractivity contribution >= 4 is 11.5 Å². The molecule has 2 N–H and O–H groups in total. The van der Waals surface area contributed by atoms with Crippen LogP contribution in [0.5, 0.6) is 0 Å². The minimum Gasteiger partial charge on any atom is -0.396 e. The summed E-state index contributed by atoms with van der Waals surface area (Å²) in [5.74, 6) is -0.146. The molecule has 0 bridgehead atoms. The summed E-state index contributed by atoms with van der Waals surface area (Å²) in [5.41, 5.74) is 0.996. The van der Waals surface area contributed by atoms with Crippen LogP contribution < -0.4 is 5.32 Å². The van der Waals surface area contributed by atoms with Crippen LogP contribution >= 0.6 is 0 Å². The minimum absolute atomic E-state index is 0.146. The molecule has 0 saturated heterocycles. The first-order valence-corrected chi connectivity index (χ1v) is 5.60. The molecule has 0 amide bonds. The highest BCUT2D eigenvalue weighted by atomic mass is 16.6. The van der Waals surface area contributed by atoms with Crippen LogP contribution in [0.15, 0.2) is 18.3 Å². The van der Waals surface area contributed by atoms with Gasteiger partial charge in [-0.2, -0.15) is 0 Å². The van der Waals surface area contributed by atoms with Crippen LogP contribution in [0.3, 0.4) is 0 Å². The number of aliphatic hydroxyl groups is 1. The third-order valence-electron chi connectivity index (χ3n) is 3.20. The number of nitrogens with one attached hydrogen (secondary N) is 1. The Bertz CT molecular complexity index is 401. The lowest BCUT2D eigenvalue weighted by Gasteiger charge is -2.14. The van der Waals surface area contributed by atoms with Crippen molar-refractivity contribution in [3.05, 3.63) is 28.4 Å². The molecule has 0 radical (unpaired) electrons. The molecular weight excluding hydrogens is 222 g/mol. The van der Waals surface area contributed by atoms with E-state index in [2.05, 4.69) is 10.3 Å². The van der Waals surface area contributed by atoms with E-state index < -0.39 is 4.92 Å². The van der Waals surface area contributed by atoms with Gasteiger partial charge in [-0.05, 0) is 40.7 Å². The van der Waals surface area contributed by atoms with Crippen LogP contribution in [-0.4, -0.2) is 28.2 Å². The molecule has 1 aliphatic carbocycles. The summed E-state index contributed by atoms with van der Waals surface area (Å²) >= 11 is 0. The van der Waals surface area contributed by atoms with Crippen molar-refractivity contribution in [2.45, 2.75) is 19.3 Å². The standard InChI is InChI=1S/C11H15N3O3/c15-6-5-11(3-4-11)8-13-9-1-2-10(12-7-9)14(16)17/h1-2,7,13,15H,3-6,8H2. The summed E-state index contributed by atoms with van der Waals surface area (Å²) < 4.78 is 0. The molecule has 6 heteroatoms. The van der Waals surface area contributed by atoms with Gasteiger partial charge in [0.15, 0.2) is 6.20 Å². The molecule has 1 fully saturated rings. The first kappa shape index (κ1) is 11.8. The minimum atomic E-state index is -0.516. The van der Waals surface area contributed by atoms with Crippen molar-refractivity contribution in [3.8, 4) is 0 Å². The van der Waals surface area contributed by atoms with Crippen LogP contribution in [-0.2, 0) is 0 Å². The third-order valence-corrected chi connectivity index (χ3v) is 3.20. The van der Waals surface area contributed by atoms with E-state index in [0.717, 1.165) is 31.5 Å². The summed E-state index contributed by atoms with van der Waals surface area (Å²) in [5, 5.41) is 22.5. The van der Waals surface area contributed by atoms with Gasteiger partial charge in [0.1, 0.15) is 0 Å². The van der Waals surface area contributed by atoms with E-state index in [0.29, 0.717) is 0 Å². The average Bonchev–Trinajstić information content (AvgIpc) is 3.08. The Morgan fingerprint density at radius 2 is 2.29 bits per heavy atom. The van der Waals surface area contributed by atoms with Gasteiger partial charge >= 0.3 is 5.82 Å². The second-order valence-electron chi connectivity index (χ2n) is 4.49. The van der Waals surface area contributed by atoms with Gasteiger partial charge in [-0.15, -0.1) is 0 Å². The van der Waals surface area contributed by atoms with Gasteiger partial charge in [-0.1, -0.05) is 0 Å². The maximum Gasteiger partial charge on any atom is 0.363 e. The lowest BCUT2D eigenvalue weighted by molar-refractivity contribution is -0.389. The van der Waals surface area contributed by atoms with Crippen molar-refractivity contribution in [3.63, 3.8) is 0 Å². The van der Waals surface area contributed by atoms with E-state index in [-0.39, 0.29) is 17.8 Å². The highest BCUT2D eigenvalue weighted by Gasteiger charge is 2.41. The Balaban J connectivity index is 1.89. The van der Waals surface area contributed by atoms with E-state index in [1.54, 1.807) is 6.07 Å². The SMILES string of the molecule is O=[N+]([O-])c1ccc(NCC2(CCO)CC2)cn1. The van der Waals surface area contributed by atoms with Gasteiger partial charge in [0, 0.05) is 19.2 Å². The fraction of sp³-hybridized carbons (Fsp3) is 0.545. The molecule has 0 spiro atoms. The van der Waals surface area contributed by atoms with E-state index >= 15 is 0 Å². The number of aliphatic hydroxyl groups excluding tert-OH is 1. The van der Waals surface area contributed by atoms with Gasteiger partial charge in [0.2, 0.25) is 0 Å². The van der Waals surface area contributed by atoms with Gasteiger partial charge in [-0.3, -0.25) is 0 Å². The van der Waals surface area contributed by atoms with Crippen LogP contribution in [0, 0.1) is 15.5 Å². The molecule has 92 valence electrons. The third kappa shape index (κ3) is 2.91. The van der Waals surface area contributed by atoms with E-state index in [9.17, 15) is 10.1 Å². The summed E-state index contributed by atoms with van der Waals surface area (Å²) in [7, 11) is 0. The molecule has 1 saturated carbocycles. The Morgan fingerprint density at radius 1 is 1.53 bits per heavy atom. The van der Waals surface area contributed by atoms with Crippen molar-refractivity contribution < 1.29 is 10.0 Å². The first-order valence-electron chi connectivity index (χ1n) is 5.60. The Labute approximate surface area is 98.8 Å². The van der Waals surface area contributed by atoms with Gasteiger partial charge in [0.25, 0.3) is 0 Å². The maximum absolute atomic E-state index is 10.4. The van der Waals surface area contributed by atoms with Gasteiger partial charge in [-0.25, -0.2) is 0 Å². The Morgan fingerprint density at radius 3 is 2.76 bits per heavy atom. The highest BCUT2D eigenvalue weighted by molar-refractivity contribution is 5.43. The average molecular weight is 237 g/mol. The first-order chi connectivity index (χ1) is 8.15. The van der Waals surface area contributed by atoms with Crippen molar-refractivity contribution in [2.24, 2.45) is 5.41 Å². The molecule has 1 heterocycles. The fourth-order valence-corrected chi connectivity index (χ4v) is 1.82. The van der Waals surface area contributed by atoms with Crippen LogP contribution in [0.1, 0.15) is 19.3 Å². The predicted molar refractivity (Wildman–Crippen MR) is 62.8 cm³/mol. The molecule has 0 unspecified atom stereocenters. The summed E-state index contributed by atoms with van der Waals surface area (Å²) in [6.45, 7) is 0.993. The van der Waals surface area contributed by atoms with E-state index in [4.69, 9.17) is 5.11 Å². The highest BCUT2D eigenvalue weighted by Crippen LogP contribution is 2.48. The molecule has 1 aliphatic rings. The van der Waals surface area contributed by atoms with E-state index in [1.807, 2.05) is 0 Å². The molecule has 0 atom stereocenters. The number of anilines is 1. The van der Waals surface area contributed by atoms with Gasteiger partial charge < -0.3 is 20.5 Å². The van der Waals surface area contributed by atoms with Crippen molar-refractivity contribution in [1.29, 1.82) is 0 Å². The zero-order chi connectivity index (χ0) is 12.3. The zero-order valence-corrected chi connectivity index (χ0v) is 9.43. The van der Waals surface area contributed by atoms with E-state index in [1.165, 1.54) is 12.3 Å². The Kier molecular flexibility index (Phi) is 3.23. The van der Waals surface area contributed by atoms with Crippen molar-refractivity contribution in [2.75, 3.05) is 18.5 Å². The van der Waals surface area contributed by atoms with Crippen LogP contribution in [0.25, 0.3) is 0 Å². The summed E-state index contributed by atoms with van der Waals surface area (Å²) in [6.07, 6.45) is 4.52. The monoisotopic (exact) mass is 237 g/mol. The zero-order valence-electron chi connectivity index (χ0n) is 9.43. The molecule has 2 rings (SSSR count). The van der Waals surface area contributed by atoms with Crippen molar-refractivity contribution in [1.82, 2.24) is 4.98 Å². The largest absolute Gasteiger partial charge is 0.396 e.